The van der Waals surface area contributed by atoms with Crippen LogP contribution in [-0.4, -0.2) is 9.55 Å². The van der Waals surface area contributed by atoms with Gasteiger partial charge in [-0.2, -0.15) is 0 Å². The molecule has 128 valence electrons. The minimum atomic E-state index is -0.456. The zero-order chi connectivity index (χ0) is 18.1. The maximum atomic E-state index is 12.0. The third kappa shape index (κ3) is 2.88. The topological polar surface area (TPSA) is 74.3 Å². The van der Waals surface area contributed by atoms with Crippen molar-refractivity contribution in [3.05, 3.63) is 87.8 Å². The van der Waals surface area contributed by atoms with Crippen LogP contribution in [0, 0.1) is 0 Å². The summed E-state index contributed by atoms with van der Waals surface area (Å²) in [4.78, 5) is 28.0. The summed E-state index contributed by atoms with van der Waals surface area (Å²) in [6.45, 7) is 0. The highest BCUT2D eigenvalue weighted by molar-refractivity contribution is 5.93. The first-order valence-corrected chi connectivity index (χ1v) is 7.94. The lowest BCUT2D eigenvalue weighted by atomic mass is 10.0. The van der Waals surface area contributed by atoms with Crippen molar-refractivity contribution in [3.8, 4) is 22.8 Å². The molecule has 0 aliphatic rings. The fourth-order valence-electron chi connectivity index (χ4n) is 2.72. The average Bonchev–Trinajstić information content (AvgIpc) is 2.65. The van der Waals surface area contributed by atoms with E-state index in [1.807, 2.05) is 30.3 Å². The molecule has 4 rings (SSSR count). The second kappa shape index (κ2) is 6.33. The minimum Gasteiger partial charge on any atom is -0.435 e. The molecule has 0 aliphatic carbocycles. The number of rotatable bonds is 3. The normalized spacial score (nSPS) is 10.8. The molecule has 0 saturated heterocycles. The van der Waals surface area contributed by atoms with E-state index in [4.69, 9.17) is 9.15 Å². The Hall–Kier alpha value is -3.67. The number of aromatic nitrogens is 2. The van der Waals surface area contributed by atoms with E-state index in [2.05, 4.69) is 4.98 Å². The molecule has 0 amide bonds. The first-order chi connectivity index (χ1) is 12.6. The third-order valence-corrected chi connectivity index (χ3v) is 4.00. The lowest BCUT2D eigenvalue weighted by molar-refractivity contribution is 0.447. The van der Waals surface area contributed by atoms with Crippen LogP contribution in [0.2, 0.25) is 0 Å². The summed E-state index contributed by atoms with van der Waals surface area (Å²) in [5.41, 5.74) is 1.26. The molecule has 4 aromatic rings. The van der Waals surface area contributed by atoms with Gasteiger partial charge in [-0.1, -0.05) is 30.3 Å². The second-order valence-electron chi connectivity index (χ2n) is 5.75. The van der Waals surface area contributed by atoms with Crippen LogP contribution in [0.1, 0.15) is 0 Å². The van der Waals surface area contributed by atoms with Crippen molar-refractivity contribution in [2.75, 3.05) is 0 Å². The Labute approximate surface area is 147 Å². The molecule has 6 heteroatoms. The van der Waals surface area contributed by atoms with Crippen LogP contribution in [0.25, 0.3) is 22.1 Å². The molecule has 2 heterocycles. The quantitative estimate of drug-likeness (QED) is 0.532. The second-order valence-corrected chi connectivity index (χ2v) is 5.75. The number of nitrogens with zero attached hydrogens (tertiary/aromatic N) is 2. The highest BCUT2D eigenvalue weighted by Gasteiger charge is 2.11. The lowest BCUT2D eigenvalue weighted by Gasteiger charge is -2.08. The van der Waals surface area contributed by atoms with E-state index in [9.17, 15) is 9.59 Å². The van der Waals surface area contributed by atoms with Gasteiger partial charge in [0.15, 0.2) is 0 Å². The van der Waals surface area contributed by atoms with Crippen molar-refractivity contribution in [1.82, 2.24) is 9.55 Å². The number of hydrogen-bond donors (Lipinski definition) is 0. The first-order valence-electron chi connectivity index (χ1n) is 7.94. The van der Waals surface area contributed by atoms with Crippen LogP contribution in [0.5, 0.6) is 11.6 Å². The van der Waals surface area contributed by atoms with Crippen LogP contribution in [0.15, 0.2) is 81.0 Å². The fourth-order valence-corrected chi connectivity index (χ4v) is 2.72. The number of aryl methyl sites for hydroxylation is 1. The highest BCUT2D eigenvalue weighted by Crippen LogP contribution is 2.30. The van der Waals surface area contributed by atoms with Gasteiger partial charge in [0.1, 0.15) is 11.3 Å². The van der Waals surface area contributed by atoms with Gasteiger partial charge in [0, 0.05) is 37.0 Å². The molecule has 0 fully saturated rings. The molecule has 6 nitrogen and oxygen atoms in total. The Bertz CT molecular complexity index is 1210. The summed E-state index contributed by atoms with van der Waals surface area (Å²) in [7, 11) is 1.61. The number of ether oxygens (including phenoxy) is 1. The maximum absolute atomic E-state index is 12.0. The van der Waals surface area contributed by atoms with Crippen molar-refractivity contribution in [3.63, 3.8) is 0 Å². The predicted molar refractivity (Wildman–Crippen MR) is 97.5 cm³/mol. The molecule has 0 radical (unpaired) electrons. The Morgan fingerprint density at radius 2 is 1.85 bits per heavy atom. The Morgan fingerprint density at radius 3 is 2.65 bits per heavy atom. The highest BCUT2D eigenvalue weighted by atomic mass is 16.5. The van der Waals surface area contributed by atoms with E-state index in [0.717, 1.165) is 16.5 Å². The van der Waals surface area contributed by atoms with Gasteiger partial charge in [-0.3, -0.25) is 4.79 Å². The predicted octanol–water partition coefficient (Wildman–Crippen LogP) is 3.35. The van der Waals surface area contributed by atoms with E-state index in [1.165, 1.54) is 16.8 Å². The Kier molecular flexibility index (Phi) is 3.85. The zero-order valence-electron chi connectivity index (χ0n) is 13.9. The van der Waals surface area contributed by atoms with Crippen LogP contribution in [0.3, 0.4) is 0 Å². The van der Waals surface area contributed by atoms with Gasteiger partial charge < -0.3 is 13.7 Å². The number of benzene rings is 2. The largest absolute Gasteiger partial charge is 0.435 e. The van der Waals surface area contributed by atoms with Gasteiger partial charge in [0.05, 0.1) is 0 Å². The molecule has 0 N–H and O–H groups in total. The van der Waals surface area contributed by atoms with Crippen molar-refractivity contribution < 1.29 is 9.15 Å². The molecule has 0 atom stereocenters. The molecule has 0 spiro atoms. The average molecular weight is 346 g/mol. The molecule has 0 aliphatic heterocycles. The third-order valence-electron chi connectivity index (χ3n) is 4.00. The van der Waals surface area contributed by atoms with Gasteiger partial charge in [-0.15, -0.1) is 0 Å². The van der Waals surface area contributed by atoms with Crippen LogP contribution < -0.4 is 15.9 Å². The molecule has 0 unspecified atom stereocenters. The maximum Gasteiger partial charge on any atom is 0.336 e. The van der Waals surface area contributed by atoms with Crippen molar-refractivity contribution in [2.45, 2.75) is 0 Å². The SMILES string of the molecule is Cn1ccnc(Oc2ccc3c(-c4ccccc4)cc(=O)oc3c2)c1=O. The molecule has 0 bridgehead atoms. The zero-order valence-corrected chi connectivity index (χ0v) is 13.9. The van der Waals surface area contributed by atoms with Gasteiger partial charge in [-0.05, 0) is 23.3 Å². The standard InChI is InChI=1S/C20H14N2O4/c1-22-10-9-21-19(20(22)24)25-14-7-8-15-16(13-5-3-2-4-6-13)12-18(23)26-17(15)11-14/h2-12H,1H3. The van der Waals surface area contributed by atoms with E-state index in [1.54, 1.807) is 31.4 Å². The van der Waals surface area contributed by atoms with Crippen molar-refractivity contribution in [1.29, 1.82) is 0 Å². The minimum absolute atomic E-state index is 0.0455. The molecule has 2 aromatic heterocycles. The van der Waals surface area contributed by atoms with Gasteiger partial charge in [0.2, 0.25) is 0 Å². The monoisotopic (exact) mass is 346 g/mol. The molecular weight excluding hydrogens is 332 g/mol. The first kappa shape index (κ1) is 15.8. The van der Waals surface area contributed by atoms with Crippen molar-refractivity contribution in [2.24, 2.45) is 7.05 Å². The van der Waals surface area contributed by atoms with Gasteiger partial charge in [-0.25, -0.2) is 9.78 Å². The van der Waals surface area contributed by atoms with E-state index in [0.29, 0.717) is 11.3 Å². The van der Waals surface area contributed by atoms with E-state index in [-0.39, 0.29) is 11.4 Å². The Balaban J connectivity index is 1.82. The van der Waals surface area contributed by atoms with E-state index < -0.39 is 5.63 Å². The summed E-state index contributed by atoms with van der Waals surface area (Å²) < 4.78 is 12.3. The molecular formula is C20H14N2O4. The fraction of sp³-hybridized carbons (Fsp3) is 0.0500. The summed E-state index contributed by atoms with van der Waals surface area (Å²) in [6.07, 6.45) is 3.02. The van der Waals surface area contributed by atoms with Crippen LogP contribution in [0.4, 0.5) is 0 Å². The number of fused-ring (bicyclic) bond motifs is 1. The molecule has 2 aromatic carbocycles. The molecule has 0 saturated carbocycles. The van der Waals surface area contributed by atoms with E-state index >= 15 is 0 Å². The summed E-state index contributed by atoms with van der Waals surface area (Å²) in [5, 5.41) is 0.775. The summed E-state index contributed by atoms with van der Waals surface area (Å²) in [5.74, 6) is 0.317. The van der Waals surface area contributed by atoms with Crippen LogP contribution >= 0.6 is 0 Å². The van der Waals surface area contributed by atoms with Gasteiger partial charge >= 0.3 is 11.2 Å². The summed E-state index contributed by atoms with van der Waals surface area (Å²) in [6, 6.07) is 16.1. The lowest BCUT2D eigenvalue weighted by Crippen LogP contribution is -2.18. The Morgan fingerprint density at radius 1 is 1.04 bits per heavy atom. The number of hydrogen-bond acceptors (Lipinski definition) is 5. The van der Waals surface area contributed by atoms with Crippen molar-refractivity contribution >= 4 is 11.0 Å². The van der Waals surface area contributed by atoms with Crippen LogP contribution in [-0.2, 0) is 7.05 Å². The van der Waals surface area contributed by atoms with Gasteiger partial charge in [0.25, 0.3) is 5.88 Å². The molecule has 26 heavy (non-hydrogen) atoms. The smallest absolute Gasteiger partial charge is 0.336 e. The summed E-state index contributed by atoms with van der Waals surface area (Å²) >= 11 is 0.